The molecule has 3 N–H and O–H groups in total. The Morgan fingerprint density at radius 3 is 3.00 bits per heavy atom. The Hall–Kier alpha value is -1.69. The highest BCUT2D eigenvalue weighted by Gasteiger charge is 2.26. The summed E-state index contributed by atoms with van der Waals surface area (Å²) in [5, 5.41) is 3.17. The number of carbonyl (C=O) groups excluding carboxylic acids is 1. The van der Waals surface area contributed by atoms with Crippen LogP contribution in [-0.2, 0) is 0 Å². The molecule has 0 radical (unpaired) electrons. The number of piperidine rings is 1. The Morgan fingerprint density at radius 2 is 2.26 bits per heavy atom. The molecule has 6 nitrogen and oxygen atoms in total. The van der Waals surface area contributed by atoms with E-state index in [9.17, 15) is 4.79 Å². The van der Waals surface area contributed by atoms with Gasteiger partial charge in [-0.05, 0) is 39.3 Å². The molecular weight excluding hydrogens is 242 g/mol. The normalized spacial score (nSPS) is 19.4. The topological polar surface area (TPSA) is 84.1 Å². The zero-order valence-corrected chi connectivity index (χ0v) is 11.3. The third-order valence-corrected chi connectivity index (χ3v) is 3.54. The molecule has 0 saturated carbocycles. The minimum atomic E-state index is -0.513. The summed E-state index contributed by atoms with van der Waals surface area (Å²) >= 11 is 0. The lowest BCUT2D eigenvalue weighted by atomic mass is 9.99. The number of carbonyl (C=O) groups is 1. The summed E-state index contributed by atoms with van der Waals surface area (Å²) in [4.78, 5) is 22.1. The van der Waals surface area contributed by atoms with Crippen molar-refractivity contribution in [1.29, 1.82) is 0 Å². The molecular formula is C13H21N5O. The van der Waals surface area contributed by atoms with E-state index >= 15 is 0 Å². The quantitative estimate of drug-likeness (QED) is 0.810. The lowest BCUT2D eigenvalue weighted by Gasteiger charge is -2.37. The van der Waals surface area contributed by atoms with Gasteiger partial charge in [0.05, 0.1) is 0 Å². The van der Waals surface area contributed by atoms with Gasteiger partial charge in [0.15, 0.2) is 11.5 Å². The molecule has 0 aromatic carbocycles. The van der Waals surface area contributed by atoms with Crippen LogP contribution in [0, 0.1) is 0 Å². The molecule has 1 unspecified atom stereocenters. The number of nitrogens with zero attached hydrogens (tertiary/aromatic N) is 3. The third kappa shape index (κ3) is 3.20. The molecule has 0 bridgehead atoms. The van der Waals surface area contributed by atoms with Gasteiger partial charge < -0.3 is 16.0 Å². The van der Waals surface area contributed by atoms with Gasteiger partial charge in [-0.15, -0.1) is 0 Å². The Kier molecular flexibility index (Phi) is 4.68. The number of anilines is 1. The third-order valence-electron chi connectivity index (χ3n) is 3.54. The zero-order chi connectivity index (χ0) is 13.7. The van der Waals surface area contributed by atoms with Crippen molar-refractivity contribution in [3.8, 4) is 0 Å². The Labute approximate surface area is 113 Å². The fraction of sp³-hybridized carbons (Fsp3) is 0.615. The molecule has 2 rings (SSSR count). The molecule has 1 aromatic heterocycles. The van der Waals surface area contributed by atoms with Gasteiger partial charge in [-0.1, -0.05) is 0 Å². The maximum atomic E-state index is 11.5. The lowest BCUT2D eigenvalue weighted by molar-refractivity contribution is 0.0995. The molecule has 1 aliphatic rings. The Morgan fingerprint density at radius 1 is 1.47 bits per heavy atom. The standard InChI is InChI=1S/C13H21N5O/c1-15-6-5-10-4-2-3-9-18(10)13-11(12(14)19)16-7-8-17-13/h7-8,10,15H,2-6,9H2,1H3,(H2,14,19). The number of primary amides is 1. The van der Waals surface area contributed by atoms with Crippen LogP contribution in [0.4, 0.5) is 5.82 Å². The number of hydrogen-bond acceptors (Lipinski definition) is 5. The van der Waals surface area contributed by atoms with Crippen molar-refractivity contribution in [2.24, 2.45) is 5.73 Å². The number of hydrogen-bond donors (Lipinski definition) is 2. The highest BCUT2D eigenvalue weighted by Crippen LogP contribution is 2.26. The summed E-state index contributed by atoms with van der Waals surface area (Å²) in [6.45, 7) is 1.86. The highest BCUT2D eigenvalue weighted by molar-refractivity contribution is 5.95. The molecule has 6 heteroatoms. The Balaban J connectivity index is 2.24. The lowest BCUT2D eigenvalue weighted by Crippen LogP contribution is -2.42. The van der Waals surface area contributed by atoms with Gasteiger partial charge >= 0.3 is 0 Å². The smallest absolute Gasteiger partial charge is 0.271 e. The summed E-state index contributed by atoms with van der Waals surface area (Å²) in [6, 6.07) is 0.399. The van der Waals surface area contributed by atoms with Gasteiger partial charge in [-0.3, -0.25) is 4.79 Å². The molecule has 2 heterocycles. The summed E-state index contributed by atoms with van der Waals surface area (Å²) in [5.41, 5.74) is 5.66. The first-order valence-electron chi connectivity index (χ1n) is 6.76. The number of amides is 1. The van der Waals surface area contributed by atoms with Gasteiger partial charge in [0, 0.05) is 25.0 Å². The van der Waals surface area contributed by atoms with E-state index in [1.54, 1.807) is 6.20 Å². The average Bonchev–Trinajstić information content (AvgIpc) is 2.45. The van der Waals surface area contributed by atoms with E-state index in [0.717, 1.165) is 32.4 Å². The van der Waals surface area contributed by atoms with Gasteiger partial charge in [-0.25, -0.2) is 9.97 Å². The van der Waals surface area contributed by atoms with E-state index in [1.165, 1.54) is 12.6 Å². The highest BCUT2D eigenvalue weighted by atomic mass is 16.1. The van der Waals surface area contributed by atoms with Crippen molar-refractivity contribution < 1.29 is 4.79 Å². The van der Waals surface area contributed by atoms with E-state index < -0.39 is 5.91 Å². The van der Waals surface area contributed by atoms with E-state index in [0.29, 0.717) is 11.9 Å². The number of nitrogens with one attached hydrogen (secondary N) is 1. The molecule has 1 aromatic rings. The van der Waals surface area contributed by atoms with Crippen LogP contribution in [0.2, 0.25) is 0 Å². The molecule has 0 spiro atoms. The van der Waals surface area contributed by atoms with Crippen molar-refractivity contribution in [2.75, 3.05) is 25.0 Å². The first kappa shape index (κ1) is 13.7. The van der Waals surface area contributed by atoms with Gasteiger partial charge in [0.25, 0.3) is 5.91 Å². The van der Waals surface area contributed by atoms with Crippen LogP contribution in [0.3, 0.4) is 0 Å². The van der Waals surface area contributed by atoms with E-state index in [1.807, 2.05) is 7.05 Å². The van der Waals surface area contributed by atoms with E-state index in [-0.39, 0.29) is 5.69 Å². The molecule has 19 heavy (non-hydrogen) atoms. The second-order valence-electron chi connectivity index (χ2n) is 4.83. The number of rotatable bonds is 5. The van der Waals surface area contributed by atoms with Crippen molar-refractivity contribution in [2.45, 2.75) is 31.7 Å². The van der Waals surface area contributed by atoms with Crippen LogP contribution in [-0.4, -0.2) is 42.1 Å². The van der Waals surface area contributed by atoms with Crippen LogP contribution in [0.25, 0.3) is 0 Å². The van der Waals surface area contributed by atoms with Crippen molar-refractivity contribution >= 4 is 11.7 Å². The minimum absolute atomic E-state index is 0.277. The van der Waals surface area contributed by atoms with Gasteiger partial charge in [0.1, 0.15) is 0 Å². The monoisotopic (exact) mass is 263 g/mol. The summed E-state index contributed by atoms with van der Waals surface area (Å²) in [7, 11) is 1.95. The van der Waals surface area contributed by atoms with Gasteiger partial charge in [-0.2, -0.15) is 0 Å². The van der Waals surface area contributed by atoms with Crippen LogP contribution in [0.15, 0.2) is 12.4 Å². The minimum Gasteiger partial charge on any atom is -0.364 e. The van der Waals surface area contributed by atoms with Crippen LogP contribution < -0.4 is 16.0 Å². The predicted octanol–water partition coefficient (Wildman–Crippen LogP) is 0.544. The fourth-order valence-electron chi connectivity index (χ4n) is 2.61. The predicted molar refractivity (Wildman–Crippen MR) is 74.1 cm³/mol. The summed E-state index contributed by atoms with van der Waals surface area (Å²) < 4.78 is 0. The fourth-order valence-corrected chi connectivity index (χ4v) is 2.61. The van der Waals surface area contributed by atoms with Crippen molar-refractivity contribution in [3.63, 3.8) is 0 Å². The maximum Gasteiger partial charge on any atom is 0.271 e. The van der Waals surface area contributed by atoms with Crippen LogP contribution >= 0.6 is 0 Å². The molecule has 1 aliphatic heterocycles. The average molecular weight is 263 g/mol. The van der Waals surface area contributed by atoms with Gasteiger partial charge in [0.2, 0.25) is 0 Å². The first-order chi connectivity index (χ1) is 9.24. The first-order valence-corrected chi connectivity index (χ1v) is 6.76. The zero-order valence-electron chi connectivity index (χ0n) is 11.3. The molecule has 1 amide bonds. The second-order valence-corrected chi connectivity index (χ2v) is 4.83. The summed E-state index contributed by atoms with van der Waals surface area (Å²) in [6.07, 6.45) is 7.62. The molecule has 104 valence electrons. The largest absolute Gasteiger partial charge is 0.364 e. The van der Waals surface area contributed by atoms with E-state index in [4.69, 9.17) is 5.73 Å². The number of aromatic nitrogens is 2. The Bertz CT molecular complexity index is 437. The van der Waals surface area contributed by atoms with Crippen molar-refractivity contribution in [3.05, 3.63) is 18.1 Å². The van der Waals surface area contributed by atoms with Crippen molar-refractivity contribution in [1.82, 2.24) is 15.3 Å². The van der Waals surface area contributed by atoms with Crippen LogP contribution in [0.1, 0.15) is 36.2 Å². The van der Waals surface area contributed by atoms with Crippen LogP contribution in [0.5, 0.6) is 0 Å². The number of nitrogens with two attached hydrogens (primary N) is 1. The SMILES string of the molecule is CNCCC1CCCCN1c1nccnc1C(N)=O. The van der Waals surface area contributed by atoms with E-state index in [2.05, 4.69) is 20.2 Å². The molecule has 0 aliphatic carbocycles. The summed E-state index contributed by atoms with van der Waals surface area (Å²) in [5.74, 6) is 0.122. The molecule has 1 saturated heterocycles. The maximum absolute atomic E-state index is 11.5. The second kappa shape index (κ2) is 6.47. The molecule has 1 fully saturated rings. The molecule has 1 atom stereocenters.